The van der Waals surface area contributed by atoms with Gasteiger partial charge in [0.2, 0.25) is 5.91 Å². The molecule has 6 nitrogen and oxygen atoms in total. The van der Waals surface area contributed by atoms with Gasteiger partial charge in [0.05, 0.1) is 18.7 Å². The van der Waals surface area contributed by atoms with Crippen LogP contribution in [-0.2, 0) is 4.79 Å². The van der Waals surface area contributed by atoms with Gasteiger partial charge in [0.1, 0.15) is 17.6 Å². The summed E-state index contributed by atoms with van der Waals surface area (Å²) >= 11 is 6.20. The van der Waals surface area contributed by atoms with Gasteiger partial charge in [-0.2, -0.15) is 0 Å². The largest absolute Gasteiger partial charge is 0.495 e. The highest BCUT2D eigenvalue weighted by Crippen LogP contribution is 2.34. The zero-order chi connectivity index (χ0) is 25.1. The van der Waals surface area contributed by atoms with Crippen molar-refractivity contribution < 1.29 is 14.3 Å². The Labute approximate surface area is 214 Å². The van der Waals surface area contributed by atoms with Crippen molar-refractivity contribution in [3.63, 3.8) is 0 Å². The van der Waals surface area contributed by atoms with E-state index in [4.69, 9.17) is 21.1 Å². The molecular formula is C28H38ClN3O3. The third-order valence-electron chi connectivity index (χ3n) is 7.71. The van der Waals surface area contributed by atoms with E-state index in [1.165, 1.54) is 16.7 Å². The van der Waals surface area contributed by atoms with Crippen LogP contribution >= 0.6 is 11.6 Å². The molecule has 2 unspecified atom stereocenters. The first kappa shape index (κ1) is 25.6. The van der Waals surface area contributed by atoms with E-state index in [2.05, 4.69) is 48.8 Å². The molecular weight excluding hydrogens is 462 g/mol. The molecule has 2 aliphatic rings. The van der Waals surface area contributed by atoms with E-state index in [9.17, 15) is 4.79 Å². The molecule has 0 aliphatic carbocycles. The second kappa shape index (κ2) is 11.1. The summed E-state index contributed by atoms with van der Waals surface area (Å²) in [5.41, 5.74) is 4.99. The number of anilines is 1. The van der Waals surface area contributed by atoms with E-state index in [-0.39, 0.29) is 12.0 Å². The number of rotatable bonds is 6. The number of nitrogens with zero attached hydrogens (tertiary/aromatic N) is 3. The van der Waals surface area contributed by atoms with Crippen molar-refractivity contribution in [3.8, 4) is 11.5 Å². The minimum Gasteiger partial charge on any atom is -0.495 e. The lowest BCUT2D eigenvalue weighted by Gasteiger charge is -2.40. The van der Waals surface area contributed by atoms with Crippen LogP contribution in [0.15, 0.2) is 30.3 Å². The minimum absolute atomic E-state index is 0.0635. The lowest BCUT2D eigenvalue weighted by molar-refractivity contribution is -0.131. The summed E-state index contributed by atoms with van der Waals surface area (Å²) in [5, 5.41) is 0.640. The van der Waals surface area contributed by atoms with Crippen molar-refractivity contribution in [2.45, 2.75) is 52.7 Å². The number of carbonyl (C=O) groups is 1. The van der Waals surface area contributed by atoms with Gasteiger partial charge < -0.3 is 19.3 Å². The zero-order valence-electron chi connectivity index (χ0n) is 21.6. The van der Waals surface area contributed by atoms with Crippen molar-refractivity contribution in [1.82, 2.24) is 9.80 Å². The van der Waals surface area contributed by atoms with E-state index < -0.39 is 0 Å². The molecule has 2 atom stereocenters. The number of piperazine rings is 1. The molecule has 190 valence electrons. The van der Waals surface area contributed by atoms with E-state index >= 15 is 0 Å². The molecule has 0 aromatic heterocycles. The van der Waals surface area contributed by atoms with E-state index in [1.807, 2.05) is 17.0 Å². The lowest BCUT2D eigenvalue weighted by Crippen LogP contribution is -2.47. The zero-order valence-corrected chi connectivity index (χ0v) is 22.4. The van der Waals surface area contributed by atoms with Crippen LogP contribution in [0, 0.1) is 13.8 Å². The molecule has 4 rings (SSSR count). The number of piperidine rings is 1. The quantitative estimate of drug-likeness (QED) is 0.544. The standard InChI is InChI=1S/C28H38ClN3O3/c1-19-20(2)27(35-24-7-6-12-32(18-24)22(4)33)11-9-25(19)21(3)30-13-15-31(16-14-30)23-8-10-26(29)28(17-23)34-5/h8-11,17,21,24H,6-7,12-16,18H2,1-5H3. The first-order valence-electron chi connectivity index (χ1n) is 12.6. The topological polar surface area (TPSA) is 45.2 Å². The lowest BCUT2D eigenvalue weighted by atomic mass is 9.96. The summed E-state index contributed by atoms with van der Waals surface area (Å²) in [7, 11) is 1.65. The molecule has 1 amide bonds. The number of methoxy groups -OCH3 is 1. The highest BCUT2D eigenvalue weighted by Gasteiger charge is 2.26. The number of benzene rings is 2. The number of amides is 1. The van der Waals surface area contributed by atoms with Crippen LogP contribution in [0.5, 0.6) is 11.5 Å². The van der Waals surface area contributed by atoms with Gasteiger partial charge in [0, 0.05) is 57.4 Å². The van der Waals surface area contributed by atoms with Crippen molar-refractivity contribution in [2.24, 2.45) is 0 Å². The molecule has 0 spiro atoms. The Kier molecular flexibility index (Phi) is 8.12. The molecule has 0 N–H and O–H groups in total. The maximum atomic E-state index is 11.8. The smallest absolute Gasteiger partial charge is 0.219 e. The van der Waals surface area contributed by atoms with Gasteiger partial charge in [0.25, 0.3) is 0 Å². The third-order valence-corrected chi connectivity index (χ3v) is 8.02. The van der Waals surface area contributed by atoms with Crippen LogP contribution in [0.4, 0.5) is 5.69 Å². The van der Waals surface area contributed by atoms with Crippen LogP contribution < -0.4 is 14.4 Å². The molecule has 2 heterocycles. The van der Waals surface area contributed by atoms with Gasteiger partial charge in [-0.1, -0.05) is 17.7 Å². The molecule has 2 fully saturated rings. The Morgan fingerprint density at radius 2 is 1.77 bits per heavy atom. The molecule has 2 aliphatic heterocycles. The monoisotopic (exact) mass is 499 g/mol. The Bertz CT molecular complexity index is 1050. The molecule has 35 heavy (non-hydrogen) atoms. The van der Waals surface area contributed by atoms with Crippen molar-refractivity contribution in [2.75, 3.05) is 51.3 Å². The predicted octanol–water partition coefficient (Wildman–Crippen LogP) is 5.24. The maximum absolute atomic E-state index is 11.8. The van der Waals surface area contributed by atoms with Crippen LogP contribution in [0.2, 0.25) is 5.02 Å². The van der Waals surface area contributed by atoms with Crippen LogP contribution in [0.1, 0.15) is 49.4 Å². The Balaban J connectivity index is 1.39. The number of hydrogen-bond donors (Lipinski definition) is 0. The van der Waals surface area contributed by atoms with Crippen LogP contribution in [0.3, 0.4) is 0 Å². The highest BCUT2D eigenvalue weighted by molar-refractivity contribution is 6.32. The first-order chi connectivity index (χ1) is 16.8. The summed E-state index contributed by atoms with van der Waals surface area (Å²) in [4.78, 5) is 18.6. The highest BCUT2D eigenvalue weighted by atomic mass is 35.5. The Morgan fingerprint density at radius 3 is 2.46 bits per heavy atom. The third kappa shape index (κ3) is 5.70. The van der Waals surface area contributed by atoms with Gasteiger partial charge in [-0.3, -0.25) is 9.69 Å². The molecule has 0 saturated carbocycles. The summed E-state index contributed by atoms with van der Waals surface area (Å²) in [6.07, 6.45) is 2.05. The summed E-state index contributed by atoms with van der Waals surface area (Å²) in [6.45, 7) is 13.7. The Morgan fingerprint density at radius 1 is 1.03 bits per heavy atom. The number of carbonyl (C=O) groups excluding carboxylic acids is 1. The van der Waals surface area contributed by atoms with Gasteiger partial charge >= 0.3 is 0 Å². The molecule has 0 bridgehead atoms. The fourth-order valence-corrected chi connectivity index (χ4v) is 5.50. The second-order valence-electron chi connectivity index (χ2n) is 9.77. The average molecular weight is 500 g/mol. The van der Waals surface area contributed by atoms with Crippen LogP contribution in [0.25, 0.3) is 0 Å². The second-order valence-corrected chi connectivity index (χ2v) is 10.2. The van der Waals surface area contributed by atoms with E-state index in [1.54, 1.807) is 14.0 Å². The summed E-state index contributed by atoms with van der Waals surface area (Å²) in [5.74, 6) is 1.79. The predicted molar refractivity (Wildman–Crippen MR) is 142 cm³/mol. The van der Waals surface area contributed by atoms with Gasteiger partial charge in [-0.25, -0.2) is 0 Å². The summed E-state index contributed by atoms with van der Waals surface area (Å²) < 4.78 is 11.8. The molecule has 2 aromatic rings. The average Bonchev–Trinajstić information content (AvgIpc) is 2.87. The Hall–Kier alpha value is -2.44. The van der Waals surface area contributed by atoms with Crippen molar-refractivity contribution in [1.29, 1.82) is 0 Å². The molecule has 0 radical (unpaired) electrons. The van der Waals surface area contributed by atoms with Crippen molar-refractivity contribution >= 4 is 23.2 Å². The van der Waals surface area contributed by atoms with Crippen molar-refractivity contribution in [3.05, 3.63) is 52.0 Å². The number of halogens is 1. The van der Waals surface area contributed by atoms with Gasteiger partial charge in [0.15, 0.2) is 0 Å². The molecule has 2 saturated heterocycles. The minimum atomic E-state index is 0.0635. The van der Waals surface area contributed by atoms with Gasteiger partial charge in [-0.05, 0) is 68.5 Å². The fraction of sp³-hybridized carbons (Fsp3) is 0.536. The van der Waals surface area contributed by atoms with E-state index in [0.29, 0.717) is 17.6 Å². The SMILES string of the molecule is COc1cc(N2CCN(C(C)c3ccc(OC4CCCN(C(C)=O)C4)c(C)c3C)CC2)ccc1Cl. The number of ether oxygens (including phenoxy) is 2. The van der Waals surface area contributed by atoms with E-state index in [0.717, 1.165) is 62.8 Å². The molecule has 7 heteroatoms. The number of likely N-dealkylation sites (tertiary alicyclic amines) is 1. The first-order valence-corrected chi connectivity index (χ1v) is 13.0. The summed E-state index contributed by atoms with van der Waals surface area (Å²) in [6, 6.07) is 10.7. The number of hydrogen-bond acceptors (Lipinski definition) is 5. The molecule has 2 aromatic carbocycles. The van der Waals surface area contributed by atoms with Crippen LogP contribution in [-0.4, -0.2) is 68.2 Å². The fourth-order valence-electron chi connectivity index (χ4n) is 5.31. The maximum Gasteiger partial charge on any atom is 0.219 e. The van der Waals surface area contributed by atoms with Gasteiger partial charge in [-0.15, -0.1) is 0 Å². The normalized spacial score (nSPS) is 20.0.